The Labute approximate surface area is 94.3 Å². The van der Waals surface area contributed by atoms with E-state index in [0.717, 1.165) is 0 Å². The van der Waals surface area contributed by atoms with E-state index >= 15 is 0 Å². The van der Waals surface area contributed by atoms with Crippen LogP contribution in [0.1, 0.15) is 65.2 Å². The predicted molar refractivity (Wildman–Crippen MR) is 63.7 cm³/mol. The Hall–Kier alpha value is -0.0400. The molecule has 2 atom stereocenters. The van der Waals surface area contributed by atoms with Gasteiger partial charge in [0.05, 0.1) is 6.10 Å². The summed E-state index contributed by atoms with van der Waals surface area (Å²) >= 11 is 0. The van der Waals surface area contributed by atoms with Crippen LogP contribution in [0.2, 0.25) is 0 Å². The fourth-order valence-electron chi connectivity index (χ4n) is 3.79. The number of hydrogen-bond donors (Lipinski definition) is 1. The Kier molecular flexibility index (Phi) is 3.39. The zero-order valence-electron chi connectivity index (χ0n) is 10.3. The van der Waals surface area contributed by atoms with Crippen LogP contribution < -0.4 is 0 Å². The van der Waals surface area contributed by atoms with E-state index < -0.39 is 0 Å². The van der Waals surface area contributed by atoms with E-state index in [1.807, 2.05) is 0 Å². The molecule has 2 aliphatic rings. The smallest absolute Gasteiger partial charge is 0.0601 e. The molecule has 2 saturated carbocycles. The van der Waals surface area contributed by atoms with E-state index in [1.54, 1.807) is 0 Å². The van der Waals surface area contributed by atoms with Crippen LogP contribution in [0.25, 0.3) is 0 Å². The molecular weight excluding hydrogens is 184 g/mol. The van der Waals surface area contributed by atoms with Crippen molar-refractivity contribution in [1.29, 1.82) is 0 Å². The number of hydrogen-bond acceptors (Lipinski definition) is 1. The minimum Gasteiger partial charge on any atom is -0.393 e. The van der Waals surface area contributed by atoms with Crippen molar-refractivity contribution < 1.29 is 5.11 Å². The van der Waals surface area contributed by atoms with Gasteiger partial charge >= 0.3 is 0 Å². The Balaban J connectivity index is 1.96. The molecule has 1 N–H and O–H groups in total. The van der Waals surface area contributed by atoms with Gasteiger partial charge in [-0.2, -0.15) is 0 Å². The van der Waals surface area contributed by atoms with E-state index in [2.05, 4.69) is 13.8 Å². The third-order valence-corrected chi connectivity index (χ3v) is 4.89. The van der Waals surface area contributed by atoms with E-state index in [1.165, 1.54) is 51.4 Å². The Morgan fingerprint density at radius 2 is 1.67 bits per heavy atom. The van der Waals surface area contributed by atoms with Crippen LogP contribution in [0.5, 0.6) is 0 Å². The molecule has 0 aromatic carbocycles. The molecule has 2 unspecified atom stereocenters. The van der Waals surface area contributed by atoms with Gasteiger partial charge in [-0.05, 0) is 42.9 Å². The number of aliphatic hydroxyl groups is 1. The van der Waals surface area contributed by atoms with Gasteiger partial charge in [0, 0.05) is 0 Å². The van der Waals surface area contributed by atoms with Crippen molar-refractivity contribution in [2.24, 2.45) is 17.3 Å². The normalized spacial score (nSPS) is 34.2. The number of rotatable bonds is 2. The third kappa shape index (κ3) is 2.38. The van der Waals surface area contributed by atoms with E-state index in [4.69, 9.17) is 0 Å². The van der Waals surface area contributed by atoms with E-state index in [9.17, 15) is 5.11 Å². The summed E-state index contributed by atoms with van der Waals surface area (Å²) in [5, 5.41) is 10.5. The lowest BCUT2D eigenvalue weighted by atomic mass is 9.72. The summed E-state index contributed by atoms with van der Waals surface area (Å²) in [7, 11) is 0. The quantitative estimate of drug-likeness (QED) is 0.736. The van der Waals surface area contributed by atoms with Crippen LogP contribution in [-0.2, 0) is 0 Å². The molecular formula is C14H26O. The average Bonchev–Trinajstić information content (AvgIpc) is 2.58. The highest BCUT2D eigenvalue weighted by Gasteiger charge is 2.41. The Bertz CT molecular complexity index is 203. The lowest BCUT2D eigenvalue weighted by Gasteiger charge is -2.37. The van der Waals surface area contributed by atoms with Gasteiger partial charge in [-0.3, -0.25) is 0 Å². The van der Waals surface area contributed by atoms with Gasteiger partial charge in [0.25, 0.3) is 0 Å². The first-order valence-electron chi connectivity index (χ1n) is 6.79. The van der Waals surface area contributed by atoms with Crippen molar-refractivity contribution >= 4 is 0 Å². The fourth-order valence-corrected chi connectivity index (χ4v) is 3.79. The molecule has 0 radical (unpaired) electrons. The first-order chi connectivity index (χ1) is 7.11. The molecule has 2 aliphatic carbocycles. The second kappa shape index (κ2) is 4.45. The maximum atomic E-state index is 10.5. The minimum atomic E-state index is -0.0113. The molecule has 0 amide bonds. The summed E-state index contributed by atoms with van der Waals surface area (Å²) in [6.07, 6.45) is 10.5. The largest absolute Gasteiger partial charge is 0.393 e. The summed E-state index contributed by atoms with van der Waals surface area (Å²) < 4.78 is 0. The molecule has 0 spiro atoms. The Morgan fingerprint density at radius 3 is 2.20 bits per heavy atom. The van der Waals surface area contributed by atoms with Crippen molar-refractivity contribution in [3.63, 3.8) is 0 Å². The summed E-state index contributed by atoms with van der Waals surface area (Å²) in [4.78, 5) is 0. The molecule has 0 bridgehead atoms. The second-order valence-corrected chi connectivity index (χ2v) is 6.38. The molecule has 2 rings (SSSR count). The summed E-state index contributed by atoms with van der Waals surface area (Å²) in [6, 6.07) is 0. The minimum absolute atomic E-state index is 0.0113. The van der Waals surface area contributed by atoms with Gasteiger partial charge in [0.2, 0.25) is 0 Å². The Morgan fingerprint density at radius 1 is 1.00 bits per heavy atom. The highest BCUT2D eigenvalue weighted by atomic mass is 16.3. The van der Waals surface area contributed by atoms with Gasteiger partial charge in [-0.25, -0.2) is 0 Å². The van der Waals surface area contributed by atoms with Crippen molar-refractivity contribution in [2.75, 3.05) is 0 Å². The van der Waals surface area contributed by atoms with Crippen molar-refractivity contribution in [1.82, 2.24) is 0 Å². The monoisotopic (exact) mass is 210 g/mol. The number of aliphatic hydroxyl groups excluding tert-OH is 1. The van der Waals surface area contributed by atoms with Gasteiger partial charge in [0.1, 0.15) is 0 Å². The van der Waals surface area contributed by atoms with Crippen LogP contribution in [0.3, 0.4) is 0 Å². The van der Waals surface area contributed by atoms with Crippen LogP contribution in [0.15, 0.2) is 0 Å². The molecule has 2 fully saturated rings. The highest BCUT2D eigenvalue weighted by Crippen LogP contribution is 2.47. The first-order valence-corrected chi connectivity index (χ1v) is 6.79. The molecule has 0 aromatic rings. The summed E-state index contributed by atoms with van der Waals surface area (Å²) in [5.74, 6) is 1.18. The molecule has 15 heavy (non-hydrogen) atoms. The molecule has 1 nitrogen and oxygen atoms in total. The van der Waals surface area contributed by atoms with Crippen molar-refractivity contribution in [3.05, 3.63) is 0 Å². The van der Waals surface area contributed by atoms with Gasteiger partial charge < -0.3 is 5.11 Å². The van der Waals surface area contributed by atoms with Crippen molar-refractivity contribution in [3.8, 4) is 0 Å². The van der Waals surface area contributed by atoms with Crippen LogP contribution in [-0.4, -0.2) is 11.2 Å². The molecule has 0 saturated heterocycles. The topological polar surface area (TPSA) is 20.2 Å². The standard InChI is InChI=1S/C14H26O/c1-14(2)10-6-9-12(14)13(15)11-7-4-3-5-8-11/h11-13,15H,3-10H2,1-2H3. The van der Waals surface area contributed by atoms with E-state index in [-0.39, 0.29) is 6.10 Å². The summed E-state index contributed by atoms with van der Waals surface area (Å²) in [6.45, 7) is 4.69. The summed E-state index contributed by atoms with van der Waals surface area (Å²) in [5.41, 5.74) is 0.386. The van der Waals surface area contributed by atoms with Gasteiger partial charge in [0.15, 0.2) is 0 Å². The lowest BCUT2D eigenvalue weighted by molar-refractivity contribution is -0.00346. The van der Waals surface area contributed by atoms with Crippen LogP contribution in [0, 0.1) is 17.3 Å². The molecule has 0 aliphatic heterocycles. The molecule has 88 valence electrons. The maximum absolute atomic E-state index is 10.5. The predicted octanol–water partition coefficient (Wildman–Crippen LogP) is 3.75. The van der Waals surface area contributed by atoms with E-state index in [0.29, 0.717) is 17.3 Å². The van der Waals surface area contributed by atoms with Crippen LogP contribution in [0.4, 0.5) is 0 Å². The fraction of sp³-hybridized carbons (Fsp3) is 1.00. The zero-order valence-corrected chi connectivity index (χ0v) is 10.3. The van der Waals surface area contributed by atoms with Crippen molar-refractivity contribution in [2.45, 2.75) is 71.3 Å². The van der Waals surface area contributed by atoms with Gasteiger partial charge in [-0.15, -0.1) is 0 Å². The zero-order chi connectivity index (χ0) is 10.9. The van der Waals surface area contributed by atoms with Crippen LogP contribution >= 0.6 is 0 Å². The van der Waals surface area contributed by atoms with Gasteiger partial charge in [-0.1, -0.05) is 39.5 Å². The third-order valence-electron chi connectivity index (χ3n) is 4.89. The maximum Gasteiger partial charge on any atom is 0.0601 e. The average molecular weight is 210 g/mol. The first kappa shape index (κ1) is 11.4. The molecule has 0 heterocycles. The highest BCUT2D eigenvalue weighted by molar-refractivity contribution is 4.92. The lowest BCUT2D eigenvalue weighted by Crippen LogP contribution is -2.36. The SMILES string of the molecule is CC1(C)CCCC1C(O)C1CCCCC1. The second-order valence-electron chi connectivity index (χ2n) is 6.38. The molecule has 0 aromatic heterocycles. The molecule has 1 heteroatoms.